The van der Waals surface area contributed by atoms with Gasteiger partial charge in [0.1, 0.15) is 7.05 Å². The Hall–Kier alpha value is -0.680. The fraction of sp³-hybridized carbons (Fsp3) is 0.438. The maximum atomic E-state index is 2.58. The zero-order valence-electron chi connectivity index (χ0n) is 11.5. The van der Waals surface area contributed by atoms with Gasteiger partial charge in [-0.05, 0) is 38.1 Å². The summed E-state index contributed by atoms with van der Waals surface area (Å²) in [6.07, 6.45) is 4.12. The lowest BCUT2D eigenvalue weighted by molar-refractivity contribution is -0.654. The van der Waals surface area contributed by atoms with Gasteiger partial charge in [-0.1, -0.05) is 18.6 Å². The topological polar surface area (TPSA) is 7.12 Å². The van der Waals surface area contributed by atoms with Gasteiger partial charge in [0.15, 0.2) is 5.69 Å². The Labute approximate surface area is 132 Å². The Balaban J connectivity index is 0.00000133. The van der Waals surface area contributed by atoms with Gasteiger partial charge in [0.05, 0.1) is 6.54 Å². The van der Waals surface area contributed by atoms with Gasteiger partial charge in [-0.15, -0.1) is 0 Å². The second-order valence-electron chi connectivity index (χ2n) is 5.28. The van der Waals surface area contributed by atoms with Gasteiger partial charge >= 0.3 is 0 Å². The largest absolute Gasteiger partial charge is 1.00 e. The summed E-state index contributed by atoms with van der Waals surface area (Å²) < 4.78 is 2.34. The summed E-state index contributed by atoms with van der Waals surface area (Å²) in [6.45, 7) is 3.60. The number of likely N-dealkylation sites (tertiary alicyclic amines) is 1. The van der Waals surface area contributed by atoms with Crippen LogP contribution in [0.2, 0.25) is 0 Å². The third-order valence-corrected chi connectivity index (χ3v) is 4.02. The summed E-state index contributed by atoms with van der Waals surface area (Å²) in [5, 5.41) is 1.32. The number of benzene rings is 1. The number of piperidine rings is 1. The minimum atomic E-state index is 0. The molecule has 2 heterocycles. The van der Waals surface area contributed by atoms with Gasteiger partial charge in [0.2, 0.25) is 5.52 Å². The van der Waals surface area contributed by atoms with Gasteiger partial charge in [-0.25, -0.2) is 0 Å². The molecule has 1 aliphatic rings. The van der Waals surface area contributed by atoms with Crippen molar-refractivity contribution < 1.29 is 28.5 Å². The van der Waals surface area contributed by atoms with E-state index >= 15 is 0 Å². The summed E-state index contributed by atoms with van der Waals surface area (Å²) >= 11 is 0. The van der Waals surface area contributed by atoms with Crippen LogP contribution in [0.25, 0.3) is 10.9 Å². The fourth-order valence-corrected chi connectivity index (χ4v) is 2.89. The second kappa shape index (κ2) is 6.66. The van der Waals surface area contributed by atoms with E-state index in [4.69, 9.17) is 0 Å². The Morgan fingerprint density at radius 3 is 2.53 bits per heavy atom. The number of hydrogen-bond donors (Lipinski definition) is 0. The van der Waals surface area contributed by atoms with Crippen LogP contribution in [-0.2, 0) is 13.6 Å². The van der Waals surface area contributed by atoms with Crippen molar-refractivity contribution in [2.24, 2.45) is 7.05 Å². The van der Waals surface area contributed by atoms with Crippen LogP contribution >= 0.6 is 0 Å². The number of para-hydroxylation sites is 1. The lowest BCUT2D eigenvalue weighted by Gasteiger charge is -2.25. The maximum absolute atomic E-state index is 2.58. The van der Waals surface area contributed by atoms with Crippen molar-refractivity contribution in [1.82, 2.24) is 4.90 Å². The first-order valence-corrected chi connectivity index (χ1v) is 6.93. The highest BCUT2D eigenvalue weighted by molar-refractivity contribution is 5.75. The quantitative estimate of drug-likeness (QED) is 0.520. The third kappa shape index (κ3) is 3.26. The number of fused-ring (bicyclic) bond motifs is 1. The molecule has 1 aliphatic heterocycles. The normalized spacial score (nSPS) is 16.3. The first-order chi connectivity index (χ1) is 8.84. The van der Waals surface area contributed by atoms with Crippen molar-refractivity contribution >= 4 is 10.9 Å². The van der Waals surface area contributed by atoms with Crippen molar-refractivity contribution in [2.75, 3.05) is 13.1 Å². The van der Waals surface area contributed by atoms with Crippen molar-refractivity contribution in [3.05, 3.63) is 42.1 Å². The Morgan fingerprint density at radius 1 is 1.00 bits per heavy atom. The van der Waals surface area contributed by atoms with Crippen LogP contribution in [0.5, 0.6) is 0 Å². The molecule has 0 saturated carbocycles. The van der Waals surface area contributed by atoms with E-state index in [0.717, 1.165) is 6.54 Å². The molecule has 3 rings (SSSR count). The summed E-state index contributed by atoms with van der Waals surface area (Å²) in [6, 6.07) is 13.1. The maximum Gasteiger partial charge on any atom is 0.212 e. The number of aromatic nitrogens is 1. The molecule has 1 aromatic heterocycles. The van der Waals surface area contributed by atoms with Crippen molar-refractivity contribution in [3.8, 4) is 0 Å². The molecule has 2 nitrogen and oxygen atoms in total. The predicted molar refractivity (Wildman–Crippen MR) is 74.3 cm³/mol. The Kier molecular flexibility index (Phi) is 5.16. The molecule has 1 fully saturated rings. The molecule has 0 N–H and O–H groups in total. The molecule has 19 heavy (non-hydrogen) atoms. The SMILES string of the molecule is C[n+]1c(CN2CCCCC2)ccc2ccccc21.[I-]. The third-order valence-electron chi connectivity index (χ3n) is 4.02. The zero-order chi connectivity index (χ0) is 12.4. The molecule has 3 heteroatoms. The van der Waals surface area contributed by atoms with Gasteiger partial charge in [0, 0.05) is 17.5 Å². The van der Waals surface area contributed by atoms with E-state index in [-0.39, 0.29) is 24.0 Å². The number of nitrogens with zero attached hydrogens (tertiary/aromatic N) is 2. The summed E-state index contributed by atoms with van der Waals surface area (Å²) in [4.78, 5) is 2.58. The van der Waals surface area contributed by atoms with Crippen molar-refractivity contribution in [2.45, 2.75) is 25.8 Å². The van der Waals surface area contributed by atoms with Crippen LogP contribution in [0.4, 0.5) is 0 Å². The average molecular weight is 368 g/mol. The van der Waals surface area contributed by atoms with Crippen molar-refractivity contribution in [3.63, 3.8) is 0 Å². The van der Waals surface area contributed by atoms with E-state index < -0.39 is 0 Å². The van der Waals surface area contributed by atoms with E-state index in [9.17, 15) is 0 Å². The minimum Gasteiger partial charge on any atom is -1.00 e. The lowest BCUT2D eigenvalue weighted by atomic mass is 10.1. The minimum absolute atomic E-state index is 0. The Bertz CT molecular complexity index is 547. The lowest BCUT2D eigenvalue weighted by Crippen LogP contribution is -3.00. The molecule has 2 aromatic rings. The summed E-state index contributed by atoms with van der Waals surface area (Å²) in [5.74, 6) is 0. The number of halogens is 1. The number of pyridine rings is 1. The molecule has 0 bridgehead atoms. The van der Waals surface area contributed by atoms with Crippen LogP contribution in [0.3, 0.4) is 0 Å². The molecule has 0 atom stereocenters. The van der Waals surface area contributed by atoms with E-state index in [1.807, 2.05) is 0 Å². The summed E-state index contributed by atoms with van der Waals surface area (Å²) in [5.41, 5.74) is 2.74. The smallest absolute Gasteiger partial charge is 0.212 e. The molecule has 1 aromatic carbocycles. The first kappa shape index (κ1) is 14.7. The number of hydrogen-bond acceptors (Lipinski definition) is 1. The highest BCUT2D eigenvalue weighted by atomic mass is 127. The summed E-state index contributed by atoms with van der Waals surface area (Å²) in [7, 11) is 2.18. The fourth-order valence-electron chi connectivity index (χ4n) is 2.89. The molecule has 0 unspecified atom stereocenters. The molecular formula is C16H21IN2. The van der Waals surface area contributed by atoms with E-state index in [1.54, 1.807) is 0 Å². The number of aryl methyl sites for hydroxylation is 1. The van der Waals surface area contributed by atoms with Gasteiger partial charge in [0.25, 0.3) is 0 Å². The predicted octanol–water partition coefficient (Wildman–Crippen LogP) is -0.346. The van der Waals surface area contributed by atoms with Crippen molar-refractivity contribution in [1.29, 1.82) is 0 Å². The number of rotatable bonds is 2. The standard InChI is InChI=1S/C16H21N2.HI/c1-17-15(13-18-11-5-2-6-12-18)10-9-14-7-3-4-8-16(14)17;/h3-4,7-10H,2,5-6,11-13H2,1H3;1H/q+1;/p-1. The molecule has 0 amide bonds. The second-order valence-corrected chi connectivity index (χ2v) is 5.28. The average Bonchev–Trinajstić information content (AvgIpc) is 2.43. The molecule has 1 saturated heterocycles. The highest BCUT2D eigenvalue weighted by Crippen LogP contribution is 2.14. The van der Waals surface area contributed by atoms with Crippen LogP contribution in [0.1, 0.15) is 25.0 Å². The van der Waals surface area contributed by atoms with Crippen LogP contribution in [0.15, 0.2) is 36.4 Å². The van der Waals surface area contributed by atoms with Gasteiger partial charge in [-0.3, -0.25) is 4.90 Å². The molecule has 102 valence electrons. The zero-order valence-corrected chi connectivity index (χ0v) is 13.6. The molecular weight excluding hydrogens is 347 g/mol. The van der Waals surface area contributed by atoms with E-state index in [2.05, 4.69) is 52.9 Å². The van der Waals surface area contributed by atoms with Crippen LogP contribution < -0.4 is 28.5 Å². The molecule has 0 aliphatic carbocycles. The van der Waals surface area contributed by atoms with Crippen LogP contribution in [-0.4, -0.2) is 18.0 Å². The Morgan fingerprint density at radius 2 is 1.74 bits per heavy atom. The van der Waals surface area contributed by atoms with E-state index in [0.29, 0.717) is 0 Å². The van der Waals surface area contributed by atoms with Gasteiger partial charge in [-0.2, -0.15) is 4.57 Å². The van der Waals surface area contributed by atoms with Crippen LogP contribution in [0, 0.1) is 0 Å². The van der Waals surface area contributed by atoms with Gasteiger partial charge < -0.3 is 24.0 Å². The molecule has 0 radical (unpaired) electrons. The first-order valence-electron chi connectivity index (χ1n) is 6.93. The molecule has 0 spiro atoms. The highest BCUT2D eigenvalue weighted by Gasteiger charge is 2.16. The van der Waals surface area contributed by atoms with E-state index in [1.165, 1.54) is 48.9 Å². The monoisotopic (exact) mass is 368 g/mol.